The third-order valence-corrected chi connectivity index (χ3v) is 3.55. The number of amides is 1. The van der Waals surface area contributed by atoms with Gasteiger partial charge in [-0.2, -0.15) is 5.26 Å². The van der Waals surface area contributed by atoms with Crippen molar-refractivity contribution in [2.45, 2.75) is 26.8 Å². The fourth-order valence-corrected chi connectivity index (χ4v) is 2.31. The predicted octanol–water partition coefficient (Wildman–Crippen LogP) is 3.45. The molecule has 1 aromatic heterocycles. The fraction of sp³-hybridized carbons (Fsp3) is 0.250. The van der Waals surface area contributed by atoms with Crippen molar-refractivity contribution in [3.8, 4) is 11.8 Å². The van der Waals surface area contributed by atoms with Crippen molar-refractivity contribution in [2.24, 2.45) is 0 Å². The first-order valence-electron chi connectivity index (χ1n) is 6.63. The normalized spacial score (nSPS) is 10.5. The molecule has 2 rings (SSSR count). The Kier molecular flexibility index (Phi) is 4.35. The first-order valence-corrected chi connectivity index (χ1v) is 7.01. The highest BCUT2D eigenvalue weighted by molar-refractivity contribution is 6.31. The number of nitrogens with zero attached hydrogens (tertiary/aromatic N) is 2. The first-order chi connectivity index (χ1) is 9.95. The van der Waals surface area contributed by atoms with Crippen LogP contribution in [0.2, 0.25) is 5.02 Å². The molecule has 0 unspecified atom stereocenters. The monoisotopic (exact) mass is 301 g/mol. The van der Waals surface area contributed by atoms with Crippen LogP contribution in [-0.2, 0) is 0 Å². The van der Waals surface area contributed by atoms with Gasteiger partial charge in [0.05, 0.1) is 11.3 Å². The zero-order valence-corrected chi connectivity index (χ0v) is 12.9. The maximum absolute atomic E-state index is 12.4. The average Bonchev–Trinajstić information content (AvgIpc) is 2.84. The number of halogens is 1. The van der Waals surface area contributed by atoms with Crippen molar-refractivity contribution < 1.29 is 4.79 Å². The molecule has 0 fully saturated rings. The first kappa shape index (κ1) is 15.1. The molecule has 0 atom stereocenters. The molecule has 4 nitrogen and oxygen atoms in total. The van der Waals surface area contributed by atoms with E-state index in [1.165, 1.54) is 0 Å². The number of benzene rings is 1. The van der Waals surface area contributed by atoms with Crippen LogP contribution in [0.3, 0.4) is 0 Å². The third kappa shape index (κ3) is 2.93. The van der Waals surface area contributed by atoms with Gasteiger partial charge in [0.1, 0.15) is 11.8 Å². The molecule has 0 radical (unpaired) electrons. The summed E-state index contributed by atoms with van der Waals surface area (Å²) in [6.07, 6.45) is 1.71. The highest BCUT2D eigenvalue weighted by atomic mass is 35.5. The van der Waals surface area contributed by atoms with E-state index in [0.717, 1.165) is 11.3 Å². The van der Waals surface area contributed by atoms with Crippen LogP contribution in [0.15, 0.2) is 30.5 Å². The van der Waals surface area contributed by atoms with Crippen LogP contribution in [0.1, 0.15) is 35.5 Å². The molecule has 0 bridgehead atoms. The zero-order valence-electron chi connectivity index (χ0n) is 12.1. The molecule has 0 aliphatic carbocycles. The average molecular weight is 302 g/mol. The molecule has 0 saturated heterocycles. The van der Waals surface area contributed by atoms with E-state index in [2.05, 4.69) is 11.4 Å². The molecule has 108 valence electrons. The maximum atomic E-state index is 12.4. The van der Waals surface area contributed by atoms with Gasteiger partial charge in [0.25, 0.3) is 5.91 Å². The van der Waals surface area contributed by atoms with E-state index < -0.39 is 0 Å². The molecular formula is C16H16ClN3O. The lowest BCUT2D eigenvalue weighted by Crippen LogP contribution is -2.32. The van der Waals surface area contributed by atoms with Crippen LogP contribution in [0.4, 0.5) is 0 Å². The summed E-state index contributed by atoms with van der Waals surface area (Å²) in [5.74, 6) is -0.272. The van der Waals surface area contributed by atoms with Crippen molar-refractivity contribution >= 4 is 17.5 Å². The fourth-order valence-electron chi connectivity index (χ4n) is 2.14. The van der Waals surface area contributed by atoms with E-state index in [9.17, 15) is 10.1 Å². The molecule has 21 heavy (non-hydrogen) atoms. The number of aromatic nitrogens is 1. The van der Waals surface area contributed by atoms with Gasteiger partial charge in [-0.05, 0) is 44.5 Å². The number of carbonyl (C=O) groups excluding carboxylic acids is 1. The number of rotatable bonds is 3. The summed E-state index contributed by atoms with van der Waals surface area (Å²) >= 11 is 6.14. The second-order valence-electron chi connectivity index (χ2n) is 5.07. The molecule has 0 aliphatic heterocycles. The smallest absolute Gasteiger partial charge is 0.269 e. The summed E-state index contributed by atoms with van der Waals surface area (Å²) in [5.41, 5.74) is 2.32. The molecule has 1 N–H and O–H groups in total. The van der Waals surface area contributed by atoms with E-state index in [-0.39, 0.29) is 11.9 Å². The summed E-state index contributed by atoms with van der Waals surface area (Å²) in [4.78, 5) is 12.4. The van der Waals surface area contributed by atoms with Crippen molar-refractivity contribution in [1.29, 1.82) is 5.26 Å². The summed E-state index contributed by atoms with van der Waals surface area (Å²) < 4.78 is 1.71. The van der Waals surface area contributed by atoms with Gasteiger partial charge in [0.2, 0.25) is 0 Å². The second kappa shape index (κ2) is 6.02. The molecule has 0 spiro atoms. The Morgan fingerprint density at radius 3 is 2.71 bits per heavy atom. The lowest BCUT2D eigenvalue weighted by molar-refractivity contribution is 0.0936. The zero-order chi connectivity index (χ0) is 15.6. The lowest BCUT2D eigenvalue weighted by atomic mass is 10.2. The summed E-state index contributed by atoms with van der Waals surface area (Å²) in [6, 6.07) is 9.17. The number of hydrogen-bond acceptors (Lipinski definition) is 2. The van der Waals surface area contributed by atoms with Gasteiger partial charge in [-0.15, -0.1) is 0 Å². The lowest BCUT2D eigenvalue weighted by Gasteiger charge is -2.14. The van der Waals surface area contributed by atoms with Crippen molar-refractivity contribution in [1.82, 2.24) is 9.88 Å². The minimum absolute atomic E-state index is 0.00662. The number of carbonyl (C=O) groups is 1. The Balaban J connectivity index is 2.61. The van der Waals surface area contributed by atoms with Gasteiger partial charge >= 0.3 is 0 Å². The largest absolute Gasteiger partial charge is 0.349 e. The Hall–Kier alpha value is -2.25. The van der Waals surface area contributed by atoms with Crippen molar-refractivity contribution in [2.75, 3.05) is 0 Å². The minimum Gasteiger partial charge on any atom is -0.349 e. The van der Waals surface area contributed by atoms with Crippen LogP contribution in [-0.4, -0.2) is 16.5 Å². The third-order valence-electron chi connectivity index (χ3n) is 3.14. The Morgan fingerprint density at radius 1 is 1.38 bits per heavy atom. The molecule has 0 saturated carbocycles. The van der Waals surface area contributed by atoms with Crippen LogP contribution >= 0.6 is 11.6 Å². The molecule has 1 amide bonds. The van der Waals surface area contributed by atoms with Crippen LogP contribution in [0, 0.1) is 18.3 Å². The van der Waals surface area contributed by atoms with Gasteiger partial charge in [-0.1, -0.05) is 17.7 Å². The molecule has 1 aromatic carbocycles. The van der Waals surface area contributed by atoms with Crippen molar-refractivity contribution in [3.05, 3.63) is 52.3 Å². The van der Waals surface area contributed by atoms with Gasteiger partial charge < -0.3 is 9.88 Å². The molecular weight excluding hydrogens is 286 g/mol. The van der Waals surface area contributed by atoms with Gasteiger partial charge in [0.15, 0.2) is 0 Å². The Labute approximate surface area is 129 Å². The number of nitrogens with one attached hydrogen (secondary N) is 1. The highest BCUT2D eigenvalue weighted by Crippen LogP contribution is 2.25. The quantitative estimate of drug-likeness (QED) is 0.944. The maximum Gasteiger partial charge on any atom is 0.269 e. The van der Waals surface area contributed by atoms with E-state index >= 15 is 0 Å². The number of hydrogen-bond donors (Lipinski definition) is 1. The van der Waals surface area contributed by atoms with E-state index in [4.69, 9.17) is 11.6 Å². The Morgan fingerprint density at radius 2 is 2.10 bits per heavy atom. The second-order valence-corrected chi connectivity index (χ2v) is 5.48. The molecule has 1 heterocycles. The Bertz CT molecular complexity index is 726. The number of nitriles is 1. The van der Waals surface area contributed by atoms with E-state index in [1.54, 1.807) is 22.9 Å². The molecule has 2 aromatic rings. The predicted molar refractivity (Wildman–Crippen MR) is 82.8 cm³/mol. The van der Waals surface area contributed by atoms with E-state index in [1.807, 2.05) is 32.9 Å². The molecule has 0 aliphatic rings. The SMILES string of the molecule is Cc1c(Cl)cccc1-n1ccc(C#N)c1C(=O)NC(C)C. The van der Waals surface area contributed by atoms with E-state index in [0.29, 0.717) is 16.3 Å². The minimum atomic E-state index is -0.272. The van der Waals surface area contributed by atoms with Crippen LogP contribution < -0.4 is 5.32 Å². The van der Waals surface area contributed by atoms with Crippen molar-refractivity contribution in [3.63, 3.8) is 0 Å². The van der Waals surface area contributed by atoms with Crippen LogP contribution in [0.5, 0.6) is 0 Å². The topological polar surface area (TPSA) is 57.8 Å². The summed E-state index contributed by atoms with van der Waals surface area (Å²) in [7, 11) is 0. The standard InChI is InChI=1S/C16H16ClN3O/c1-10(2)19-16(21)15-12(9-18)7-8-20(15)14-6-4-5-13(17)11(14)3/h4-8,10H,1-3H3,(H,19,21). The summed E-state index contributed by atoms with van der Waals surface area (Å²) in [5, 5.41) is 12.7. The van der Waals surface area contributed by atoms with Gasteiger partial charge in [0, 0.05) is 17.3 Å². The van der Waals surface area contributed by atoms with Gasteiger partial charge in [-0.25, -0.2) is 0 Å². The van der Waals surface area contributed by atoms with Gasteiger partial charge in [-0.3, -0.25) is 4.79 Å². The molecule has 5 heteroatoms. The summed E-state index contributed by atoms with van der Waals surface area (Å²) in [6.45, 7) is 5.64. The van der Waals surface area contributed by atoms with Crippen LogP contribution in [0.25, 0.3) is 5.69 Å². The highest BCUT2D eigenvalue weighted by Gasteiger charge is 2.20.